The number of aliphatic hydroxyl groups is 3. The second-order valence-corrected chi connectivity index (χ2v) is 3.62. The van der Waals surface area contributed by atoms with Crippen molar-refractivity contribution < 1.29 is 15.3 Å². The molecule has 1 aliphatic carbocycles. The summed E-state index contributed by atoms with van der Waals surface area (Å²) < 4.78 is 0. The van der Waals surface area contributed by atoms with E-state index in [1.807, 2.05) is 0 Å². The Balaban J connectivity index is 2.44. The van der Waals surface area contributed by atoms with Gasteiger partial charge in [-0.2, -0.15) is 0 Å². The molecule has 0 radical (unpaired) electrons. The molecule has 0 aromatic carbocycles. The molecule has 0 aromatic rings. The van der Waals surface area contributed by atoms with E-state index in [9.17, 15) is 15.3 Å². The zero-order valence-corrected chi connectivity index (χ0v) is 7.32. The Morgan fingerprint density at radius 3 is 1.50 bits per heavy atom. The lowest BCUT2D eigenvalue weighted by Gasteiger charge is -2.21. The van der Waals surface area contributed by atoms with Gasteiger partial charge in [0.15, 0.2) is 0 Å². The Morgan fingerprint density at radius 2 is 1.08 bits per heavy atom. The van der Waals surface area contributed by atoms with Gasteiger partial charge in [0.05, 0.1) is 12.2 Å². The molecule has 0 spiro atoms. The molecule has 0 amide bonds. The van der Waals surface area contributed by atoms with E-state index in [4.69, 9.17) is 0 Å². The molecule has 12 heavy (non-hydrogen) atoms. The molecule has 1 fully saturated rings. The van der Waals surface area contributed by atoms with Crippen molar-refractivity contribution in [3.63, 3.8) is 0 Å². The van der Waals surface area contributed by atoms with Crippen LogP contribution in [-0.2, 0) is 0 Å². The van der Waals surface area contributed by atoms with Gasteiger partial charge in [-0.25, -0.2) is 0 Å². The molecule has 2 unspecified atom stereocenters. The molecule has 1 rings (SSSR count). The topological polar surface area (TPSA) is 60.7 Å². The van der Waals surface area contributed by atoms with Crippen LogP contribution in [0, 0.1) is 0 Å². The molecule has 0 heterocycles. The normalized spacial score (nSPS) is 39.8. The quantitative estimate of drug-likeness (QED) is 0.499. The van der Waals surface area contributed by atoms with Crippen molar-refractivity contribution in [2.24, 2.45) is 0 Å². The van der Waals surface area contributed by atoms with Gasteiger partial charge in [0.25, 0.3) is 0 Å². The zero-order chi connectivity index (χ0) is 8.97. The number of hydrogen-bond donors (Lipinski definition) is 3. The van der Waals surface area contributed by atoms with E-state index in [1.54, 1.807) is 0 Å². The molecular weight excluding hydrogens is 156 g/mol. The highest BCUT2D eigenvalue weighted by atomic mass is 16.4. The predicted octanol–water partition coefficient (Wildman–Crippen LogP) is 0.423. The van der Waals surface area contributed by atoms with Gasteiger partial charge in [-0.05, 0) is 12.8 Å². The highest BCUT2D eigenvalue weighted by molar-refractivity contribution is 4.76. The molecule has 3 N–H and O–H groups in total. The first-order chi connectivity index (χ1) is 5.72. The van der Waals surface area contributed by atoms with E-state index < -0.39 is 18.3 Å². The van der Waals surface area contributed by atoms with Crippen LogP contribution in [0.3, 0.4) is 0 Å². The molecule has 1 saturated carbocycles. The second-order valence-electron chi connectivity index (χ2n) is 3.62. The summed E-state index contributed by atoms with van der Waals surface area (Å²) in [5, 5.41) is 28.1. The van der Waals surface area contributed by atoms with Crippen LogP contribution in [0.15, 0.2) is 0 Å². The third-order valence-electron chi connectivity index (χ3n) is 2.54. The first kappa shape index (κ1) is 9.96. The van der Waals surface area contributed by atoms with Gasteiger partial charge in [0.1, 0.15) is 6.10 Å². The minimum Gasteiger partial charge on any atom is -0.390 e. The van der Waals surface area contributed by atoms with E-state index in [-0.39, 0.29) is 0 Å². The van der Waals surface area contributed by atoms with Gasteiger partial charge in [0, 0.05) is 0 Å². The second kappa shape index (κ2) is 4.80. The maximum Gasteiger partial charge on any atom is 0.106 e. The fraction of sp³-hybridized carbons (Fsp3) is 1.00. The van der Waals surface area contributed by atoms with E-state index in [0.717, 1.165) is 25.7 Å². The maximum absolute atomic E-state index is 9.38. The monoisotopic (exact) mass is 174 g/mol. The van der Waals surface area contributed by atoms with E-state index >= 15 is 0 Å². The summed E-state index contributed by atoms with van der Waals surface area (Å²) in [5.41, 5.74) is 0. The zero-order valence-electron chi connectivity index (χ0n) is 7.32. The van der Waals surface area contributed by atoms with Gasteiger partial charge in [-0.1, -0.05) is 25.7 Å². The lowest BCUT2D eigenvalue weighted by Crippen LogP contribution is -2.36. The van der Waals surface area contributed by atoms with Crippen molar-refractivity contribution in [1.29, 1.82) is 0 Å². The van der Waals surface area contributed by atoms with Gasteiger partial charge in [-0.3, -0.25) is 0 Å². The lowest BCUT2D eigenvalue weighted by molar-refractivity contribution is -0.0630. The van der Waals surface area contributed by atoms with E-state index in [0.29, 0.717) is 12.8 Å². The first-order valence-corrected chi connectivity index (χ1v) is 4.76. The minimum atomic E-state index is -0.942. The van der Waals surface area contributed by atoms with Crippen LogP contribution in [-0.4, -0.2) is 33.6 Å². The smallest absolute Gasteiger partial charge is 0.106 e. The Labute approximate surface area is 73.0 Å². The Kier molecular flexibility index (Phi) is 3.98. The largest absolute Gasteiger partial charge is 0.390 e. The summed E-state index contributed by atoms with van der Waals surface area (Å²) in [5.74, 6) is 0. The highest BCUT2D eigenvalue weighted by Crippen LogP contribution is 2.17. The van der Waals surface area contributed by atoms with Crippen LogP contribution in [0.5, 0.6) is 0 Å². The molecule has 0 aliphatic heterocycles. The van der Waals surface area contributed by atoms with Crippen molar-refractivity contribution in [3.8, 4) is 0 Å². The number of aliphatic hydroxyl groups excluding tert-OH is 3. The Bertz CT molecular complexity index is 113. The maximum atomic E-state index is 9.38. The fourth-order valence-corrected chi connectivity index (χ4v) is 1.66. The first-order valence-electron chi connectivity index (χ1n) is 4.76. The van der Waals surface area contributed by atoms with E-state index in [1.165, 1.54) is 0 Å². The third-order valence-corrected chi connectivity index (χ3v) is 2.54. The van der Waals surface area contributed by atoms with Crippen LogP contribution in [0.2, 0.25) is 0 Å². The van der Waals surface area contributed by atoms with Crippen LogP contribution in [0.4, 0.5) is 0 Å². The summed E-state index contributed by atoms with van der Waals surface area (Å²) in [6.45, 7) is 0. The van der Waals surface area contributed by atoms with Crippen LogP contribution in [0.1, 0.15) is 38.5 Å². The molecule has 2 atom stereocenters. The summed E-state index contributed by atoms with van der Waals surface area (Å²) >= 11 is 0. The predicted molar refractivity (Wildman–Crippen MR) is 45.7 cm³/mol. The number of hydrogen-bond acceptors (Lipinski definition) is 3. The Morgan fingerprint density at radius 1 is 0.667 bits per heavy atom. The molecule has 0 saturated heterocycles. The van der Waals surface area contributed by atoms with Gasteiger partial charge >= 0.3 is 0 Å². The average Bonchev–Trinajstić information content (AvgIpc) is 2.12. The molecule has 3 nitrogen and oxygen atoms in total. The summed E-state index contributed by atoms with van der Waals surface area (Å²) in [7, 11) is 0. The fourth-order valence-electron chi connectivity index (χ4n) is 1.66. The van der Waals surface area contributed by atoms with Gasteiger partial charge in [0.2, 0.25) is 0 Å². The van der Waals surface area contributed by atoms with Crippen molar-refractivity contribution in [1.82, 2.24) is 0 Å². The van der Waals surface area contributed by atoms with Crippen LogP contribution in [0.25, 0.3) is 0 Å². The minimum absolute atomic E-state index is 0.609. The van der Waals surface area contributed by atoms with Crippen LogP contribution < -0.4 is 0 Å². The molecule has 72 valence electrons. The third kappa shape index (κ3) is 2.73. The van der Waals surface area contributed by atoms with Crippen LogP contribution >= 0.6 is 0 Å². The highest BCUT2D eigenvalue weighted by Gasteiger charge is 2.24. The SMILES string of the molecule is OC1CCCCCCC(O)C1O. The van der Waals surface area contributed by atoms with E-state index in [2.05, 4.69) is 0 Å². The average molecular weight is 174 g/mol. The molecule has 1 aliphatic rings. The van der Waals surface area contributed by atoms with Crippen molar-refractivity contribution in [3.05, 3.63) is 0 Å². The Hall–Kier alpha value is -0.120. The van der Waals surface area contributed by atoms with Crippen molar-refractivity contribution in [2.75, 3.05) is 0 Å². The summed E-state index contributed by atoms with van der Waals surface area (Å²) in [4.78, 5) is 0. The molecular formula is C9H18O3. The number of rotatable bonds is 0. The lowest BCUT2D eigenvalue weighted by atomic mass is 10.0. The van der Waals surface area contributed by atoms with Gasteiger partial charge < -0.3 is 15.3 Å². The summed E-state index contributed by atoms with van der Waals surface area (Å²) in [6, 6.07) is 0. The van der Waals surface area contributed by atoms with Crippen molar-refractivity contribution >= 4 is 0 Å². The molecule has 0 bridgehead atoms. The molecule has 0 aromatic heterocycles. The van der Waals surface area contributed by atoms with Gasteiger partial charge in [-0.15, -0.1) is 0 Å². The standard InChI is InChI=1S/C9H18O3/c10-7-5-3-1-2-4-6-8(11)9(7)12/h7-12H,1-6H2. The summed E-state index contributed by atoms with van der Waals surface area (Å²) in [6.07, 6.45) is 2.89. The molecule has 3 heteroatoms. The van der Waals surface area contributed by atoms with Crippen molar-refractivity contribution in [2.45, 2.75) is 56.8 Å².